The predicted octanol–water partition coefficient (Wildman–Crippen LogP) is 8.82. The van der Waals surface area contributed by atoms with E-state index in [1.807, 2.05) is 12.1 Å². The van der Waals surface area contributed by atoms with Gasteiger partial charge < -0.3 is 0 Å². The molecule has 2 aliphatic rings. The third-order valence-corrected chi connectivity index (χ3v) is 7.17. The summed E-state index contributed by atoms with van der Waals surface area (Å²) in [6.45, 7) is 15.4. The molecule has 8 heteroatoms. The molecular formula is C34H12F4N4. The molecule has 0 unspecified atom stereocenters. The Hall–Kier alpha value is -6.22. The Morgan fingerprint density at radius 3 is 1.17 bits per heavy atom. The molecular weight excluding hydrogens is 540 g/mol. The molecule has 0 aromatic heterocycles. The van der Waals surface area contributed by atoms with Crippen molar-refractivity contribution in [2.24, 2.45) is 0 Å². The standard InChI is InChI=1S/C34H12F4N4/c1-41-29(15-39)31-25-5-3-17(19-7-21(35)13-22(36)8-19)11-27(25)34-32(30(16-40)42-2)26-6-4-18(12-28(26)33(31)34)20-9-23(37)14-24(38)10-20/h3-14H/b31-29-,32-30+. The van der Waals surface area contributed by atoms with Crippen LogP contribution in [0.4, 0.5) is 17.6 Å². The zero-order valence-corrected chi connectivity index (χ0v) is 21.2. The summed E-state index contributed by atoms with van der Waals surface area (Å²) < 4.78 is 56.3. The Kier molecular flexibility index (Phi) is 6.05. The molecule has 2 aliphatic carbocycles. The number of allylic oxidation sites excluding steroid dienone is 6. The highest BCUT2D eigenvalue weighted by Gasteiger charge is 2.39. The van der Waals surface area contributed by atoms with Crippen molar-refractivity contribution in [2.75, 3.05) is 0 Å². The quantitative estimate of drug-likeness (QED) is 0.142. The summed E-state index contributed by atoms with van der Waals surface area (Å²) in [6, 6.07) is 19.7. The van der Waals surface area contributed by atoms with E-state index in [2.05, 4.69) is 9.69 Å². The van der Waals surface area contributed by atoms with Crippen LogP contribution in [0.15, 0.2) is 84.2 Å². The van der Waals surface area contributed by atoms with E-state index < -0.39 is 23.3 Å². The van der Waals surface area contributed by atoms with Gasteiger partial charge in [-0.05, 0) is 92.1 Å². The Balaban J connectivity index is 1.71. The second-order valence-electron chi connectivity index (χ2n) is 9.48. The SMILES string of the molecule is [C-]#[N+]/C(C#N)=C1C2=C(/C(=C(\C#N)[N+]#[C-])c3ccc(-c4cc(F)cc(F)c4)cc32)c2cc(-c3cc(F)cc(F)c3)ccc2\1. The van der Waals surface area contributed by atoms with Crippen molar-refractivity contribution in [2.45, 2.75) is 0 Å². The van der Waals surface area contributed by atoms with Crippen molar-refractivity contribution < 1.29 is 17.6 Å². The number of fused-ring (bicyclic) bond motifs is 4. The van der Waals surface area contributed by atoms with E-state index in [1.54, 1.807) is 36.4 Å². The lowest BCUT2D eigenvalue weighted by Crippen LogP contribution is -1.96. The molecule has 0 atom stereocenters. The molecule has 42 heavy (non-hydrogen) atoms. The fourth-order valence-corrected chi connectivity index (χ4v) is 5.56. The van der Waals surface area contributed by atoms with Crippen LogP contribution in [0.25, 0.3) is 54.2 Å². The van der Waals surface area contributed by atoms with Crippen LogP contribution < -0.4 is 0 Å². The minimum atomic E-state index is -0.777. The lowest BCUT2D eigenvalue weighted by atomic mass is 9.88. The molecule has 0 N–H and O–H groups in total. The van der Waals surface area contributed by atoms with Crippen LogP contribution in [0.1, 0.15) is 22.3 Å². The summed E-state index contributed by atoms with van der Waals surface area (Å²) in [6.07, 6.45) is 0. The molecule has 4 aromatic carbocycles. The molecule has 0 amide bonds. The normalized spacial score (nSPS) is 15.0. The maximum Gasteiger partial charge on any atom is 0.270 e. The maximum atomic E-state index is 14.1. The molecule has 0 spiro atoms. The Morgan fingerprint density at radius 2 is 0.857 bits per heavy atom. The molecule has 196 valence electrons. The first kappa shape index (κ1) is 26.0. The van der Waals surface area contributed by atoms with Gasteiger partial charge >= 0.3 is 0 Å². The van der Waals surface area contributed by atoms with E-state index in [4.69, 9.17) is 13.1 Å². The van der Waals surface area contributed by atoms with E-state index in [-0.39, 0.29) is 33.7 Å². The zero-order valence-electron chi connectivity index (χ0n) is 21.2. The lowest BCUT2D eigenvalue weighted by Gasteiger charge is -2.15. The molecule has 0 aliphatic heterocycles. The maximum absolute atomic E-state index is 14.1. The van der Waals surface area contributed by atoms with Crippen LogP contribution >= 0.6 is 0 Å². The van der Waals surface area contributed by atoms with Crippen molar-refractivity contribution in [1.29, 1.82) is 10.5 Å². The fraction of sp³-hybridized carbons (Fsp3) is 0. The number of benzene rings is 4. The third kappa shape index (κ3) is 3.96. The van der Waals surface area contributed by atoms with Crippen molar-refractivity contribution >= 4 is 22.3 Å². The highest BCUT2D eigenvalue weighted by Crippen LogP contribution is 2.60. The van der Waals surface area contributed by atoms with Gasteiger partial charge in [0, 0.05) is 23.3 Å². The summed E-state index contributed by atoms with van der Waals surface area (Å²) in [4.78, 5) is 6.87. The largest absolute Gasteiger partial charge is 0.270 e. The fourth-order valence-electron chi connectivity index (χ4n) is 5.56. The van der Waals surface area contributed by atoms with Crippen LogP contribution in [0.5, 0.6) is 0 Å². The van der Waals surface area contributed by atoms with Gasteiger partial charge in [-0.15, -0.1) is 0 Å². The van der Waals surface area contributed by atoms with E-state index in [1.165, 1.54) is 0 Å². The zero-order chi connectivity index (χ0) is 29.7. The van der Waals surface area contributed by atoms with Crippen LogP contribution in [0.3, 0.4) is 0 Å². The average molecular weight is 552 g/mol. The van der Waals surface area contributed by atoms with E-state index in [0.717, 1.165) is 36.4 Å². The van der Waals surface area contributed by atoms with Gasteiger partial charge in [0.05, 0.1) is 25.3 Å². The summed E-state index contributed by atoms with van der Waals surface area (Å²) >= 11 is 0. The molecule has 0 bridgehead atoms. The molecule has 0 saturated carbocycles. The third-order valence-electron chi connectivity index (χ3n) is 7.17. The van der Waals surface area contributed by atoms with Crippen molar-refractivity contribution in [1.82, 2.24) is 0 Å². The highest BCUT2D eigenvalue weighted by molar-refractivity contribution is 6.37. The van der Waals surface area contributed by atoms with Crippen molar-refractivity contribution in [3.8, 4) is 34.4 Å². The predicted molar refractivity (Wildman–Crippen MR) is 149 cm³/mol. The topological polar surface area (TPSA) is 56.3 Å². The van der Waals surface area contributed by atoms with Gasteiger partial charge in [-0.25, -0.2) is 37.8 Å². The minimum absolute atomic E-state index is 0.239. The minimum Gasteiger partial charge on any atom is -0.226 e. The first-order valence-electron chi connectivity index (χ1n) is 12.3. The van der Waals surface area contributed by atoms with Gasteiger partial charge in [0.25, 0.3) is 11.4 Å². The highest BCUT2D eigenvalue weighted by atomic mass is 19.1. The first-order chi connectivity index (χ1) is 20.3. The van der Waals surface area contributed by atoms with Gasteiger partial charge in [0.2, 0.25) is 0 Å². The van der Waals surface area contributed by atoms with Crippen molar-refractivity contribution in [3.63, 3.8) is 0 Å². The van der Waals surface area contributed by atoms with E-state index >= 15 is 0 Å². The number of hydrogen-bond donors (Lipinski definition) is 0. The number of hydrogen-bond acceptors (Lipinski definition) is 2. The summed E-state index contributed by atoms with van der Waals surface area (Å²) in [5.74, 6) is -3.11. The number of halogens is 4. The Morgan fingerprint density at radius 1 is 0.500 bits per heavy atom. The first-order valence-corrected chi connectivity index (χ1v) is 12.3. The van der Waals surface area contributed by atoms with Gasteiger partial charge in [-0.1, -0.05) is 24.3 Å². The average Bonchev–Trinajstić information content (AvgIpc) is 3.46. The number of nitrogens with zero attached hydrogens (tertiary/aromatic N) is 4. The Labute approximate surface area is 237 Å². The second kappa shape index (κ2) is 9.76. The van der Waals surface area contributed by atoms with Crippen LogP contribution in [-0.4, -0.2) is 0 Å². The number of nitriles is 2. The van der Waals surface area contributed by atoms with Crippen LogP contribution in [0.2, 0.25) is 0 Å². The summed E-state index contributed by atoms with van der Waals surface area (Å²) in [5.41, 5.74) is 3.99. The Bertz CT molecular complexity index is 1950. The smallest absolute Gasteiger partial charge is 0.226 e. The summed E-state index contributed by atoms with van der Waals surface area (Å²) in [7, 11) is 0. The second-order valence-corrected chi connectivity index (χ2v) is 9.48. The van der Waals surface area contributed by atoms with Gasteiger partial charge in [0.1, 0.15) is 23.3 Å². The summed E-state index contributed by atoms with van der Waals surface area (Å²) in [5, 5.41) is 19.8. The van der Waals surface area contributed by atoms with E-state index in [0.29, 0.717) is 44.5 Å². The molecule has 0 saturated heterocycles. The monoisotopic (exact) mass is 552 g/mol. The van der Waals surface area contributed by atoms with Gasteiger partial charge in [0.15, 0.2) is 0 Å². The number of rotatable bonds is 2. The van der Waals surface area contributed by atoms with Gasteiger partial charge in [-0.2, -0.15) is 0 Å². The molecule has 6 rings (SSSR count). The molecule has 4 nitrogen and oxygen atoms in total. The molecule has 0 heterocycles. The van der Waals surface area contributed by atoms with E-state index in [9.17, 15) is 28.1 Å². The molecule has 4 aromatic rings. The molecule has 0 radical (unpaired) electrons. The van der Waals surface area contributed by atoms with Crippen LogP contribution in [0, 0.1) is 59.1 Å². The lowest BCUT2D eigenvalue weighted by molar-refractivity contribution is 0.583. The van der Waals surface area contributed by atoms with Gasteiger partial charge in [-0.3, -0.25) is 0 Å². The molecule has 0 fully saturated rings. The van der Waals surface area contributed by atoms with Crippen LogP contribution in [-0.2, 0) is 0 Å². The van der Waals surface area contributed by atoms with Crippen molar-refractivity contribution in [3.05, 3.63) is 153 Å².